The van der Waals surface area contributed by atoms with Crippen molar-refractivity contribution >= 4 is 0 Å². The van der Waals surface area contributed by atoms with Gasteiger partial charge in [-0.1, -0.05) is 26.3 Å². The summed E-state index contributed by atoms with van der Waals surface area (Å²) in [5.41, 5.74) is 0.636. The van der Waals surface area contributed by atoms with Crippen molar-refractivity contribution in [2.45, 2.75) is 65.2 Å². The SMILES string of the molecule is CC1CC2C/C=C\NCCCCC(C)(CC2)C1. The molecule has 17 heavy (non-hydrogen) atoms. The van der Waals surface area contributed by atoms with Crippen molar-refractivity contribution in [3.05, 3.63) is 12.3 Å². The predicted octanol–water partition coefficient (Wildman–Crippen LogP) is 4.50. The van der Waals surface area contributed by atoms with Crippen LogP contribution in [0.15, 0.2) is 12.3 Å². The van der Waals surface area contributed by atoms with E-state index in [-0.39, 0.29) is 0 Å². The van der Waals surface area contributed by atoms with E-state index in [0.29, 0.717) is 5.41 Å². The molecule has 1 fully saturated rings. The van der Waals surface area contributed by atoms with Crippen LogP contribution in [-0.4, -0.2) is 6.54 Å². The fourth-order valence-corrected chi connectivity index (χ4v) is 3.91. The second-order valence-electron chi connectivity index (χ2n) is 6.81. The van der Waals surface area contributed by atoms with E-state index >= 15 is 0 Å². The van der Waals surface area contributed by atoms with Gasteiger partial charge in [0, 0.05) is 6.54 Å². The molecule has 1 heteroatoms. The van der Waals surface area contributed by atoms with Crippen LogP contribution in [0.25, 0.3) is 0 Å². The van der Waals surface area contributed by atoms with Gasteiger partial charge in [-0.3, -0.25) is 0 Å². The van der Waals surface area contributed by atoms with Gasteiger partial charge in [-0.2, -0.15) is 0 Å². The zero-order chi connectivity index (χ0) is 12.1. The average Bonchev–Trinajstić information content (AvgIpc) is 2.39. The summed E-state index contributed by atoms with van der Waals surface area (Å²) in [6.45, 7) is 6.17. The van der Waals surface area contributed by atoms with Gasteiger partial charge in [-0.05, 0) is 68.4 Å². The standard InChI is InChI=1S/C16H29N/c1-14-12-15-6-5-11-17-10-4-3-8-16(2,13-14)9-7-15/h5,11,14-15,17H,3-4,6-10,12-13H2,1-2H3/b11-5-. The molecule has 0 saturated heterocycles. The number of hydrogen-bond acceptors (Lipinski definition) is 1. The van der Waals surface area contributed by atoms with Gasteiger partial charge in [0.15, 0.2) is 0 Å². The molecule has 1 aliphatic carbocycles. The van der Waals surface area contributed by atoms with Crippen molar-refractivity contribution in [3.63, 3.8) is 0 Å². The summed E-state index contributed by atoms with van der Waals surface area (Å²) in [7, 11) is 0. The molecular formula is C16H29N. The third-order valence-electron chi connectivity index (χ3n) is 4.79. The lowest BCUT2D eigenvalue weighted by Crippen LogP contribution is -2.18. The van der Waals surface area contributed by atoms with E-state index in [1.807, 2.05) is 0 Å². The first-order chi connectivity index (χ1) is 8.18. The van der Waals surface area contributed by atoms with E-state index in [1.165, 1.54) is 51.4 Å². The molecule has 1 nitrogen and oxygen atoms in total. The van der Waals surface area contributed by atoms with Crippen LogP contribution in [-0.2, 0) is 0 Å². The van der Waals surface area contributed by atoms with Crippen molar-refractivity contribution in [2.24, 2.45) is 17.3 Å². The Hall–Kier alpha value is -0.460. The number of fused-ring (bicyclic) bond motifs is 3. The fraction of sp³-hybridized carbons (Fsp3) is 0.875. The Morgan fingerprint density at radius 3 is 3.00 bits per heavy atom. The average molecular weight is 235 g/mol. The molecule has 0 aromatic heterocycles. The van der Waals surface area contributed by atoms with Crippen LogP contribution in [0.3, 0.4) is 0 Å². The summed E-state index contributed by atoms with van der Waals surface area (Å²) < 4.78 is 0. The zero-order valence-corrected chi connectivity index (χ0v) is 11.7. The predicted molar refractivity (Wildman–Crippen MR) is 74.8 cm³/mol. The van der Waals surface area contributed by atoms with Crippen LogP contribution in [0.5, 0.6) is 0 Å². The second-order valence-corrected chi connectivity index (χ2v) is 6.81. The first-order valence-corrected chi connectivity index (χ1v) is 7.56. The van der Waals surface area contributed by atoms with Crippen molar-refractivity contribution in [2.75, 3.05) is 6.54 Å². The van der Waals surface area contributed by atoms with Gasteiger partial charge in [0.05, 0.1) is 0 Å². The highest BCUT2D eigenvalue weighted by Crippen LogP contribution is 2.43. The van der Waals surface area contributed by atoms with E-state index in [2.05, 4.69) is 31.4 Å². The fourth-order valence-electron chi connectivity index (χ4n) is 3.91. The Bertz CT molecular complexity index is 258. The molecule has 0 amide bonds. The number of hydrogen-bond donors (Lipinski definition) is 1. The molecule has 0 spiro atoms. The summed E-state index contributed by atoms with van der Waals surface area (Å²) in [4.78, 5) is 0. The highest BCUT2D eigenvalue weighted by Gasteiger charge is 2.31. The summed E-state index contributed by atoms with van der Waals surface area (Å²) in [6.07, 6.45) is 15.8. The lowest BCUT2D eigenvalue weighted by molar-refractivity contribution is 0.219. The number of nitrogens with one attached hydrogen (secondary N) is 1. The van der Waals surface area contributed by atoms with Gasteiger partial charge in [-0.15, -0.1) is 0 Å². The molecule has 1 saturated carbocycles. The maximum absolute atomic E-state index is 3.43. The Morgan fingerprint density at radius 1 is 1.24 bits per heavy atom. The molecule has 3 unspecified atom stereocenters. The molecule has 2 bridgehead atoms. The molecule has 0 radical (unpaired) electrons. The number of rotatable bonds is 0. The Balaban J connectivity index is 2.05. The molecule has 1 heterocycles. The van der Waals surface area contributed by atoms with Gasteiger partial charge in [-0.25, -0.2) is 0 Å². The van der Waals surface area contributed by atoms with E-state index in [4.69, 9.17) is 0 Å². The van der Waals surface area contributed by atoms with Gasteiger partial charge < -0.3 is 5.32 Å². The molecule has 0 aromatic rings. The third-order valence-corrected chi connectivity index (χ3v) is 4.79. The molecular weight excluding hydrogens is 206 g/mol. The molecule has 1 aliphatic heterocycles. The van der Waals surface area contributed by atoms with Crippen LogP contribution in [0.4, 0.5) is 0 Å². The minimum Gasteiger partial charge on any atom is -0.391 e. The third kappa shape index (κ3) is 4.04. The van der Waals surface area contributed by atoms with Crippen molar-refractivity contribution < 1.29 is 0 Å². The molecule has 2 aliphatic rings. The Morgan fingerprint density at radius 2 is 2.12 bits per heavy atom. The highest BCUT2D eigenvalue weighted by molar-refractivity contribution is 4.88. The van der Waals surface area contributed by atoms with Gasteiger partial charge in [0.25, 0.3) is 0 Å². The summed E-state index contributed by atoms with van der Waals surface area (Å²) in [5.74, 6) is 1.86. The van der Waals surface area contributed by atoms with Crippen LogP contribution in [0, 0.1) is 17.3 Å². The summed E-state index contributed by atoms with van der Waals surface area (Å²) >= 11 is 0. The van der Waals surface area contributed by atoms with Crippen LogP contribution in [0.2, 0.25) is 0 Å². The quantitative estimate of drug-likeness (QED) is 0.652. The van der Waals surface area contributed by atoms with E-state index < -0.39 is 0 Å². The molecule has 98 valence electrons. The minimum atomic E-state index is 0.636. The van der Waals surface area contributed by atoms with E-state index in [1.54, 1.807) is 0 Å². The minimum absolute atomic E-state index is 0.636. The first kappa shape index (κ1) is 13.0. The number of allylic oxidation sites excluding steroid dienone is 1. The van der Waals surface area contributed by atoms with E-state index in [9.17, 15) is 0 Å². The van der Waals surface area contributed by atoms with Gasteiger partial charge in [0.1, 0.15) is 0 Å². The van der Waals surface area contributed by atoms with Crippen LogP contribution >= 0.6 is 0 Å². The van der Waals surface area contributed by atoms with Gasteiger partial charge in [0.2, 0.25) is 0 Å². The van der Waals surface area contributed by atoms with Crippen LogP contribution < -0.4 is 5.32 Å². The monoisotopic (exact) mass is 235 g/mol. The van der Waals surface area contributed by atoms with Crippen LogP contribution in [0.1, 0.15) is 65.2 Å². The summed E-state index contributed by atoms with van der Waals surface area (Å²) in [6, 6.07) is 0. The lowest BCUT2D eigenvalue weighted by Gasteiger charge is -2.30. The molecule has 3 atom stereocenters. The van der Waals surface area contributed by atoms with Crippen molar-refractivity contribution in [1.29, 1.82) is 0 Å². The normalized spacial score (nSPS) is 41.8. The largest absolute Gasteiger partial charge is 0.391 e. The molecule has 1 N–H and O–H groups in total. The maximum Gasteiger partial charge on any atom is 0.0141 e. The van der Waals surface area contributed by atoms with Gasteiger partial charge >= 0.3 is 0 Å². The molecule has 0 aromatic carbocycles. The zero-order valence-electron chi connectivity index (χ0n) is 11.7. The Labute approximate surface area is 107 Å². The smallest absolute Gasteiger partial charge is 0.0141 e. The molecule has 2 rings (SSSR count). The topological polar surface area (TPSA) is 12.0 Å². The highest BCUT2D eigenvalue weighted by atomic mass is 14.8. The maximum atomic E-state index is 3.43. The first-order valence-electron chi connectivity index (χ1n) is 7.56. The van der Waals surface area contributed by atoms with Crippen molar-refractivity contribution in [1.82, 2.24) is 5.32 Å². The summed E-state index contributed by atoms with van der Waals surface area (Å²) in [5, 5.41) is 3.43. The van der Waals surface area contributed by atoms with E-state index in [0.717, 1.165) is 18.4 Å². The lowest BCUT2D eigenvalue weighted by atomic mass is 9.76. The Kier molecular flexibility index (Phi) is 4.53. The van der Waals surface area contributed by atoms with Crippen molar-refractivity contribution in [3.8, 4) is 0 Å². The second kappa shape index (κ2) is 5.93.